The normalized spacial score (nSPS) is 12.3. The third kappa shape index (κ3) is 6.67. The average Bonchev–Trinajstić information content (AvgIpc) is 2.50. The molecule has 0 aliphatic rings. The molecule has 0 aromatic heterocycles. The first-order chi connectivity index (χ1) is 11.1. The SMILES string of the molecule is COc1ccc(C(=O)CCC(=O)NC(CC(F)(F)F)C(=O)O)cc1. The second-order valence-corrected chi connectivity index (χ2v) is 4.93. The Morgan fingerprint density at radius 3 is 2.21 bits per heavy atom. The molecule has 1 aromatic rings. The van der Waals surface area contributed by atoms with Crippen molar-refractivity contribution < 1.29 is 37.4 Å². The summed E-state index contributed by atoms with van der Waals surface area (Å²) in [5.74, 6) is -2.58. The van der Waals surface area contributed by atoms with E-state index >= 15 is 0 Å². The number of alkyl halides is 3. The van der Waals surface area contributed by atoms with E-state index in [1.54, 1.807) is 17.4 Å². The maximum atomic E-state index is 12.2. The summed E-state index contributed by atoms with van der Waals surface area (Å²) in [6.07, 6.45) is -7.07. The lowest BCUT2D eigenvalue weighted by Gasteiger charge is -2.16. The minimum atomic E-state index is -4.73. The number of benzene rings is 1. The number of hydrogen-bond acceptors (Lipinski definition) is 4. The predicted octanol–water partition coefficient (Wildman–Crippen LogP) is 2.18. The van der Waals surface area contributed by atoms with Crippen LogP contribution in [0.1, 0.15) is 29.6 Å². The van der Waals surface area contributed by atoms with E-state index in [1.807, 2.05) is 0 Å². The van der Waals surface area contributed by atoms with Gasteiger partial charge in [0.25, 0.3) is 0 Å². The summed E-state index contributed by atoms with van der Waals surface area (Å²) in [4.78, 5) is 34.2. The van der Waals surface area contributed by atoms with Gasteiger partial charge in [0.15, 0.2) is 5.78 Å². The van der Waals surface area contributed by atoms with Crippen LogP contribution in [0.15, 0.2) is 24.3 Å². The quantitative estimate of drug-likeness (QED) is 0.703. The van der Waals surface area contributed by atoms with Crippen LogP contribution in [-0.2, 0) is 9.59 Å². The first-order valence-electron chi connectivity index (χ1n) is 6.88. The molecule has 1 atom stereocenters. The standard InChI is InChI=1S/C15H16F3NO5/c1-24-10-4-2-9(3-5-10)12(20)6-7-13(21)19-11(14(22)23)8-15(16,17)18/h2-5,11H,6-8H2,1H3,(H,19,21)(H,22,23). The molecule has 6 nitrogen and oxygen atoms in total. The zero-order chi connectivity index (χ0) is 18.3. The van der Waals surface area contributed by atoms with E-state index in [9.17, 15) is 27.6 Å². The Kier molecular flexibility index (Phi) is 6.75. The van der Waals surface area contributed by atoms with Crippen molar-refractivity contribution in [2.24, 2.45) is 0 Å². The van der Waals surface area contributed by atoms with Gasteiger partial charge in [0.05, 0.1) is 13.5 Å². The number of ether oxygens (including phenoxy) is 1. The van der Waals surface area contributed by atoms with E-state index in [0.717, 1.165) is 0 Å². The predicted molar refractivity (Wildman–Crippen MR) is 76.8 cm³/mol. The van der Waals surface area contributed by atoms with Crippen molar-refractivity contribution >= 4 is 17.7 Å². The Labute approximate surface area is 135 Å². The smallest absolute Gasteiger partial charge is 0.391 e. The van der Waals surface area contributed by atoms with Crippen LogP contribution in [0.5, 0.6) is 5.75 Å². The van der Waals surface area contributed by atoms with Crippen LogP contribution in [0.2, 0.25) is 0 Å². The van der Waals surface area contributed by atoms with Crippen LogP contribution in [0.4, 0.5) is 13.2 Å². The van der Waals surface area contributed by atoms with Crippen molar-refractivity contribution in [3.63, 3.8) is 0 Å². The third-order valence-electron chi connectivity index (χ3n) is 3.06. The van der Waals surface area contributed by atoms with Gasteiger partial charge in [-0.25, -0.2) is 4.79 Å². The number of ketones is 1. The van der Waals surface area contributed by atoms with Crippen molar-refractivity contribution in [2.75, 3.05) is 7.11 Å². The lowest BCUT2D eigenvalue weighted by molar-refractivity contribution is -0.160. The van der Waals surface area contributed by atoms with Crippen LogP contribution in [-0.4, -0.2) is 42.1 Å². The maximum Gasteiger partial charge on any atom is 0.391 e. The molecule has 0 saturated heterocycles. The van der Waals surface area contributed by atoms with Gasteiger partial charge in [-0.3, -0.25) is 9.59 Å². The van der Waals surface area contributed by atoms with Crippen LogP contribution in [0, 0.1) is 0 Å². The van der Waals surface area contributed by atoms with E-state index < -0.39 is 42.7 Å². The summed E-state index contributed by atoms with van der Waals surface area (Å²) in [5.41, 5.74) is 0.314. The fraction of sp³-hybridized carbons (Fsp3) is 0.400. The lowest BCUT2D eigenvalue weighted by Crippen LogP contribution is -2.43. The first-order valence-corrected chi connectivity index (χ1v) is 6.88. The highest BCUT2D eigenvalue weighted by Gasteiger charge is 2.36. The molecule has 0 bridgehead atoms. The van der Waals surface area contributed by atoms with E-state index in [0.29, 0.717) is 11.3 Å². The first kappa shape index (κ1) is 19.5. The van der Waals surface area contributed by atoms with Crippen molar-refractivity contribution in [3.8, 4) is 5.75 Å². The van der Waals surface area contributed by atoms with Gasteiger partial charge in [-0.2, -0.15) is 13.2 Å². The highest BCUT2D eigenvalue weighted by atomic mass is 19.4. The minimum Gasteiger partial charge on any atom is -0.497 e. The second-order valence-electron chi connectivity index (χ2n) is 4.93. The highest BCUT2D eigenvalue weighted by Crippen LogP contribution is 2.21. The van der Waals surface area contributed by atoms with Gasteiger partial charge < -0.3 is 15.2 Å². The molecule has 0 aliphatic heterocycles. The molecular formula is C15H16F3NO5. The number of methoxy groups -OCH3 is 1. The van der Waals surface area contributed by atoms with Crippen LogP contribution < -0.4 is 10.1 Å². The Balaban J connectivity index is 2.54. The second kappa shape index (κ2) is 8.32. The number of rotatable bonds is 8. The monoisotopic (exact) mass is 347 g/mol. The summed E-state index contributed by atoms with van der Waals surface area (Å²) in [7, 11) is 1.46. The topological polar surface area (TPSA) is 92.7 Å². The molecule has 0 aliphatic carbocycles. The van der Waals surface area contributed by atoms with Crippen LogP contribution >= 0.6 is 0 Å². The average molecular weight is 347 g/mol. The van der Waals surface area contributed by atoms with E-state index in [2.05, 4.69) is 0 Å². The summed E-state index contributed by atoms with van der Waals surface area (Å²) in [6.45, 7) is 0. The van der Waals surface area contributed by atoms with Gasteiger partial charge in [-0.05, 0) is 24.3 Å². The van der Waals surface area contributed by atoms with Crippen molar-refractivity contribution in [1.29, 1.82) is 0 Å². The number of carboxylic acids is 1. The molecule has 1 rings (SSSR count). The molecular weight excluding hydrogens is 331 g/mol. The molecule has 24 heavy (non-hydrogen) atoms. The Hall–Kier alpha value is -2.58. The van der Waals surface area contributed by atoms with E-state index in [4.69, 9.17) is 9.84 Å². The van der Waals surface area contributed by atoms with E-state index in [-0.39, 0.29) is 6.42 Å². The number of aliphatic carboxylic acids is 1. The number of amides is 1. The Morgan fingerprint density at radius 1 is 1.17 bits per heavy atom. The number of carbonyl (C=O) groups is 3. The highest BCUT2D eigenvalue weighted by molar-refractivity contribution is 5.98. The summed E-state index contributed by atoms with van der Waals surface area (Å²) >= 11 is 0. The Morgan fingerprint density at radius 2 is 1.75 bits per heavy atom. The number of nitrogens with one attached hydrogen (secondary N) is 1. The molecule has 0 radical (unpaired) electrons. The van der Waals surface area contributed by atoms with Crippen molar-refractivity contribution in [3.05, 3.63) is 29.8 Å². The lowest BCUT2D eigenvalue weighted by atomic mass is 10.1. The summed E-state index contributed by atoms with van der Waals surface area (Å²) in [5, 5.41) is 10.5. The number of hydrogen-bond donors (Lipinski definition) is 2. The number of Topliss-reactive ketones (excluding diaryl/α,β-unsaturated/α-hetero) is 1. The van der Waals surface area contributed by atoms with Crippen molar-refractivity contribution in [2.45, 2.75) is 31.5 Å². The largest absolute Gasteiger partial charge is 0.497 e. The van der Waals surface area contributed by atoms with Gasteiger partial charge in [0, 0.05) is 18.4 Å². The summed E-state index contributed by atoms with van der Waals surface area (Å²) in [6, 6.07) is 4.01. The van der Waals surface area contributed by atoms with Gasteiger partial charge in [0.2, 0.25) is 5.91 Å². The zero-order valence-corrected chi connectivity index (χ0v) is 12.7. The molecule has 0 heterocycles. The van der Waals surface area contributed by atoms with Crippen molar-refractivity contribution in [1.82, 2.24) is 5.32 Å². The van der Waals surface area contributed by atoms with Gasteiger partial charge in [-0.15, -0.1) is 0 Å². The third-order valence-corrected chi connectivity index (χ3v) is 3.06. The number of carboxylic acid groups (broad SMARTS) is 1. The fourth-order valence-corrected chi connectivity index (χ4v) is 1.85. The molecule has 1 amide bonds. The van der Waals surface area contributed by atoms with E-state index in [1.165, 1.54) is 19.2 Å². The van der Waals surface area contributed by atoms with Crippen LogP contribution in [0.25, 0.3) is 0 Å². The van der Waals surface area contributed by atoms with Gasteiger partial charge in [0.1, 0.15) is 11.8 Å². The minimum absolute atomic E-state index is 0.253. The molecule has 9 heteroatoms. The number of halogens is 3. The van der Waals surface area contributed by atoms with Crippen LogP contribution in [0.3, 0.4) is 0 Å². The molecule has 1 unspecified atom stereocenters. The fourth-order valence-electron chi connectivity index (χ4n) is 1.85. The molecule has 0 saturated carbocycles. The molecule has 0 spiro atoms. The molecule has 132 valence electrons. The molecule has 1 aromatic carbocycles. The maximum absolute atomic E-state index is 12.2. The van der Waals surface area contributed by atoms with Gasteiger partial charge in [-0.1, -0.05) is 0 Å². The van der Waals surface area contributed by atoms with Gasteiger partial charge >= 0.3 is 12.1 Å². The Bertz CT molecular complexity index is 598. The number of carbonyl (C=O) groups excluding carboxylic acids is 2. The molecule has 2 N–H and O–H groups in total. The molecule has 0 fully saturated rings. The summed E-state index contributed by atoms with van der Waals surface area (Å²) < 4.78 is 41.6. The zero-order valence-electron chi connectivity index (χ0n) is 12.7.